The third-order valence-electron chi connectivity index (χ3n) is 4.31. The highest BCUT2D eigenvalue weighted by molar-refractivity contribution is 7.92. The first-order valence-corrected chi connectivity index (χ1v) is 11.5. The van der Waals surface area contributed by atoms with Gasteiger partial charge in [0.1, 0.15) is 0 Å². The summed E-state index contributed by atoms with van der Waals surface area (Å²) in [6.07, 6.45) is 2.36. The fourth-order valence-corrected chi connectivity index (χ4v) is 3.82. The van der Waals surface area contributed by atoms with Crippen LogP contribution in [-0.4, -0.2) is 40.8 Å². The fourth-order valence-electron chi connectivity index (χ4n) is 2.87. The topological polar surface area (TPSA) is 139 Å². The third-order valence-corrected chi connectivity index (χ3v) is 5.66. The van der Waals surface area contributed by atoms with E-state index in [9.17, 15) is 13.2 Å². The van der Waals surface area contributed by atoms with Crippen molar-refractivity contribution in [2.75, 3.05) is 21.9 Å². The summed E-state index contributed by atoms with van der Waals surface area (Å²) in [5.74, 6) is 0.377. The SMILES string of the molecule is Cc1cc(C)nc(NCCCC(=O)Nc2ccc(S(=O)(=O)Nc3nccc(C)n3)cc2)n1. The second-order valence-electron chi connectivity index (χ2n) is 7.20. The Morgan fingerprint density at radius 3 is 2.22 bits per heavy atom. The van der Waals surface area contributed by atoms with Crippen LogP contribution in [0.3, 0.4) is 0 Å². The Kier molecular flexibility index (Phi) is 7.31. The number of carbonyl (C=O) groups is 1. The summed E-state index contributed by atoms with van der Waals surface area (Å²) in [5, 5.41) is 5.86. The molecular formula is C21H25N7O3S. The number of hydrogen-bond donors (Lipinski definition) is 3. The molecule has 0 aliphatic carbocycles. The van der Waals surface area contributed by atoms with Crippen molar-refractivity contribution in [3.63, 3.8) is 0 Å². The van der Waals surface area contributed by atoms with Crippen LogP contribution in [0.4, 0.5) is 17.6 Å². The molecule has 1 amide bonds. The fraction of sp³-hybridized carbons (Fsp3) is 0.286. The zero-order valence-electron chi connectivity index (χ0n) is 18.1. The lowest BCUT2D eigenvalue weighted by Crippen LogP contribution is -2.16. The van der Waals surface area contributed by atoms with Gasteiger partial charge >= 0.3 is 0 Å². The van der Waals surface area contributed by atoms with Crippen molar-refractivity contribution in [3.8, 4) is 0 Å². The highest BCUT2D eigenvalue weighted by atomic mass is 32.2. The van der Waals surface area contributed by atoms with Crippen LogP contribution >= 0.6 is 0 Å². The molecule has 10 nitrogen and oxygen atoms in total. The number of aryl methyl sites for hydroxylation is 3. The maximum atomic E-state index is 12.5. The Morgan fingerprint density at radius 1 is 0.906 bits per heavy atom. The quantitative estimate of drug-likeness (QED) is 0.419. The van der Waals surface area contributed by atoms with E-state index in [1.807, 2.05) is 19.9 Å². The first-order chi connectivity index (χ1) is 15.2. The Hall–Kier alpha value is -3.60. The van der Waals surface area contributed by atoms with Crippen molar-refractivity contribution in [1.29, 1.82) is 0 Å². The van der Waals surface area contributed by atoms with Crippen LogP contribution in [0.1, 0.15) is 29.9 Å². The number of sulfonamides is 1. The van der Waals surface area contributed by atoms with Gasteiger partial charge in [-0.3, -0.25) is 4.79 Å². The maximum Gasteiger partial charge on any atom is 0.264 e. The molecule has 0 radical (unpaired) electrons. The number of amides is 1. The lowest BCUT2D eigenvalue weighted by atomic mass is 10.2. The van der Waals surface area contributed by atoms with Gasteiger partial charge in [-0.1, -0.05) is 0 Å². The summed E-state index contributed by atoms with van der Waals surface area (Å²) in [6, 6.07) is 9.44. The van der Waals surface area contributed by atoms with E-state index in [1.54, 1.807) is 13.0 Å². The van der Waals surface area contributed by atoms with Crippen molar-refractivity contribution >= 4 is 33.5 Å². The van der Waals surface area contributed by atoms with Gasteiger partial charge in [0.15, 0.2) is 0 Å². The predicted octanol–water partition coefficient (Wildman–Crippen LogP) is 2.82. The number of rotatable bonds is 9. The zero-order valence-corrected chi connectivity index (χ0v) is 18.9. The largest absolute Gasteiger partial charge is 0.354 e. The van der Waals surface area contributed by atoms with E-state index in [1.165, 1.54) is 30.5 Å². The summed E-state index contributed by atoms with van der Waals surface area (Å²) in [5.41, 5.74) is 2.91. The van der Waals surface area contributed by atoms with Gasteiger partial charge in [0.25, 0.3) is 10.0 Å². The number of hydrogen-bond acceptors (Lipinski definition) is 8. The van der Waals surface area contributed by atoms with Gasteiger partial charge in [0, 0.05) is 41.9 Å². The predicted molar refractivity (Wildman–Crippen MR) is 122 cm³/mol. The summed E-state index contributed by atoms with van der Waals surface area (Å²) in [4.78, 5) is 28.7. The second kappa shape index (κ2) is 10.1. The molecule has 3 N–H and O–H groups in total. The molecule has 2 aromatic heterocycles. The number of nitrogens with one attached hydrogen (secondary N) is 3. The summed E-state index contributed by atoms with van der Waals surface area (Å²) >= 11 is 0. The van der Waals surface area contributed by atoms with Crippen LogP contribution < -0.4 is 15.4 Å². The molecule has 0 unspecified atom stereocenters. The Bertz CT molecular complexity index is 1180. The molecule has 11 heteroatoms. The average Bonchev–Trinajstić information content (AvgIpc) is 2.71. The molecule has 0 spiro atoms. The standard InChI is InChI=1S/C21H25N7O3S/c1-14-10-12-23-21(24-14)28-32(30,31)18-8-6-17(7-9-18)27-19(29)5-4-11-22-20-25-15(2)13-16(3)26-20/h6-10,12-13H,4-5,11H2,1-3H3,(H,27,29)(H,22,25,26)(H,23,24,28). The molecule has 0 aliphatic heterocycles. The summed E-state index contributed by atoms with van der Waals surface area (Å²) < 4.78 is 27.3. The normalized spacial score (nSPS) is 11.1. The van der Waals surface area contributed by atoms with Crippen LogP contribution in [0.25, 0.3) is 0 Å². The number of benzene rings is 1. The molecule has 168 valence electrons. The van der Waals surface area contributed by atoms with Crippen LogP contribution in [0.2, 0.25) is 0 Å². The molecule has 32 heavy (non-hydrogen) atoms. The maximum absolute atomic E-state index is 12.5. The van der Waals surface area contributed by atoms with Gasteiger partial charge in [-0.25, -0.2) is 33.1 Å². The lowest BCUT2D eigenvalue weighted by Gasteiger charge is -2.09. The molecule has 0 atom stereocenters. The Morgan fingerprint density at radius 2 is 1.56 bits per heavy atom. The van der Waals surface area contributed by atoms with E-state index in [-0.39, 0.29) is 16.8 Å². The molecule has 2 heterocycles. The third kappa shape index (κ3) is 6.71. The van der Waals surface area contributed by atoms with E-state index in [2.05, 4.69) is 35.3 Å². The number of anilines is 3. The Balaban J connectivity index is 1.48. The molecular weight excluding hydrogens is 430 g/mol. The van der Waals surface area contributed by atoms with Gasteiger partial charge in [-0.15, -0.1) is 0 Å². The van der Waals surface area contributed by atoms with Crippen molar-refractivity contribution in [1.82, 2.24) is 19.9 Å². The van der Waals surface area contributed by atoms with Gasteiger partial charge in [-0.05, 0) is 63.6 Å². The molecule has 0 saturated heterocycles. The number of aromatic nitrogens is 4. The van der Waals surface area contributed by atoms with E-state index in [0.29, 0.717) is 36.7 Å². The molecule has 1 aromatic carbocycles. The lowest BCUT2D eigenvalue weighted by molar-refractivity contribution is -0.116. The van der Waals surface area contributed by atoms with E-state index >= 15 is 0 Å². The molecule has 3 aromatic rings. The minimum Gasteiger partial charge on any atom is -0.354 e. The highest BCUT2D eigenvalue weighted by Gasteiger charge is 2.16. The first kappa shape index (κ1) is 23.1. The van der Waals surface area contributed by atoms with Crippen LogP contribution in [0.15, 0.2) is 47.5 Å². The van der Waals surface area contributed by atoms with Crippen LogP contribution in [0.5, 0.6) is 0 Å². The van der Waals surface area contributed by atoms with E-state index in [0.717, 1.165) is 11.4 Å². The number of carbonyl (C=O) groups excluding carboxylic acids is 1. The summed E-state index contributed by atoms with van der Waals surface area (Å²) in [7, 11) is -3.83. The Labute approximate surface area is 187 Å². The van der Waals surface area contributed by atoms with Gasteiger partial charge < -0.3 is 10.6 Å². The van der Waals surface area contributed by atoms with Crippen molar-refractivity contribution in [2.24, 2.45) is 0 Å². The van der Waals surface area contributed by atoms with E-state index < -0.39 is 10.0 Å². The van der Waals surface area contributed by atoms with Gasteiger partial charge in [-0.2, -0.15) is 0 Å². The van der Waals surface area contributed by atoms with Crippen LogP contribution in [-0.2, 0) is 14.8 Å². The number of nitrogens with zero attached hydrogens (tertiary/aromatic N) is 4. The van der Waals surface area contributed by atoms with Crippen molar-refractivity contribution in [2.45, 2.75) is 38.5 Å². The first-order valence-electron chi connectivity index (χ1n) is 10.00. The molecule has 3 rings (SSSR count). The van der Waals surface area contributed by atoms with Gasteiger partial charge in [0.05, 0.1) is 4.90 Å². The van der Waals surface area contributed by atoms with Crippen molar-refractivity contribution in [3.05, 3.63) is 59.7 Å². The van der Waals surface area contributed by atoms with Crippen LogP contribution in [0, 0.1) is 20.8 Å². The average molecular weight is 456 g/mol. The minimum atomic E-state index is -3.83. The zero-order chi connectivity index (χ0) is 23.1. The molecule has 0 bridgehead atoms. The molecule has 0 aliphatic rings. The second-order valence-corrected chi connectivity index (χ2v) is 8.89. The minimum absolute atomic E-state index is 0.00205. The monoisotopic (exact) mass is 455 g/mol. The summed E-state index contributed by atoms with van der Waals surface area (Å²) in [6.45, 7) is 6.09. The molecule has 0 saturated carbocycles. The van der Waals surface area contributed by atoms with Crippen molar-refractivity contribution < 1.29 is 13.2 Å². The highest BCUT2D eigenvalue weighted by Crippen LogP contribution is 2.17. The van der Waals surface area contributed by atoms with E-state index in [4.69, 9.17) is 0 Å². The van der Waals surface area contributed by atoms with Gasteiger partial charge in [0.2, 0.25) is 17.8 Å². The molecule has 0 fully saturated rings. The smallest absolute Gasteiger partial charge is 0.264 e.